The van der Waals surface area contributed by atoms with Gasteiger partial charge in [-0.3, -0.25) is 23.2 Å². The normalized spacial score (nSPS) is 14.2. The van der Waals surface area contributed by atoms with E-state index in [0.29, 0.717) is 12.8 Å². The first-order valence-corrected chi connectivity index (χ1v) is 26.4. The van der Waals surface area contributed by atoms with Crippen LogP contribution in [0, 0.1) is 0 Å². The van der Waals surface area contributed by atoms with E-state index in [2.05, 4.69) is 18.4 Å². The van der Waals surface area contributed by atoms with Crippen molar-refractivity contribution in [2.45, 2.75) is 225 Å². The number of hydrogen-bond acceptors (Lipinski definition) is 12. The van der Waals surface area contributed by atoms with Gasteiger partial charge in [0.2, 0.25) is 0 Å². The number of hydrogen-bond donors (Lipinski definition) is 3. The van der Waals surface area contributed by atoms with Crippen LogP contribution in [0.15, 0.2) is 0 Å². The van der Waals surface area contributed by atoms with E-state index < -0.39 is 40.3 Å². The van der Waals surface area contributed by atoms with Gasteiger partial charge in [-0.05, 0) is 12.8 Å². The number of nitrogens with two attached hydrogens (primary N) is 2. The Kier molecular flexibility index (Phi) is 40.8. The molecule has 5 N–H and O–H groups in total. The van der Waals surface area contributed by atoms with Crippen molar-refractivity contribution < 1.29 is 51.0 Å². The zero-order valence-corrected chi connectivity index (χ0v) is 38.8. The van der Waals surface area contributed by atoms with Crippen LogP contribution in [0.4, 0.5) is 0 Å². The Balaban J connectivity index is 4.67. The fraction of sp³-hybridized carbons (Fsp3) is 0.953. The third-order valence-corrected chi connectivity index (χ3v) is 13.2. The molecule has 346 valence electrons. The smallest absolute Gasteiger partial charge is 0.462 e. The number of carbonyl (C=O) groups is 2. The SMILES string of the molecule is CCCCCCCCCCCCCCCCCC(=O)OC[C@H](COP(=O)(OCCN)OP(=O)(O)OCCN)OC(=O)CCCCCCCCCCCCCCCCC. The average molecular weight is 871 g/mol. The third-order valence-electron chi connectivity index (χ3n) is 10.1. The Labute approximate surface area is 354 Å². The highest BCUT2D eigenvalue weighted by molar-refractivity contribution is 7.61. The Bertz CT molecular complexity index is 1040. The van der Waals surface area contributed by atoms with Gasteiger partial charge in [0.25, 0.3) is 0 Å². The van der Waals surface area contributed by atoms with Crippen LogP contribution in [0.2, 0.25) is 0 Å². The molecule has 2 unspecified atom stereocenters. The molecule has 0 aliphatic heterocycles. The Morgan fingerprint density at radius 3 is 1.21 bits per heavy atom. The van der Waals surface area contributed by atoms with Crippen molar-refractivity contribution >= 4 is 27.6 Å². The van der Waals surface area contributed by atoms with Crippen molar-refractivity contribution in [3.05, 3.63) is 0 Å². The van der Waals surface area contributed by atoms with E-state index in [1.165, 1.54) is 141 Å². The fourth-order valence-electron chi connectivity index (χ4n) is 6.64. The highest BCUT2D eigenvalue weighted by atomic mass is 31.3. The molecule has 0 aliphatic rings. The summed E-state index contributed by atoms with van der Waals surface area (Å²) >= 11 is 0. The van der Waals surface area contributed by atoms with Gasteiger partial charge in [-0.25, -0.2) is 9.13 Å². The summed E-state index contributed by atoms with van der Waals surface area (Å²) in [6, 6.07) is 0. The lowest BCUT2D eigenvalue weighted by atomic mass is 10.0. The molecule has 0 spiro atoms. The highest BCUT2D eigenvalue weighted by Gasteiger charge is 2.39. The molecular formula is C43H88N2O11P2. The molecule has 15 heteroatoms. The third kappa shape index (κ3) is 39.3. The van der Waals surface area contributed by atoms with Crippen LogP contribution in [0.3, 0.4) is 0 Å². The zero-order chi connectivity index (χ0) is 42.8. The minimum absolute atomic E-state index is 0.0924. The van der Waals surface area contributed by atoms with E-state index in [1.807, 2.05) is 0 Å². The second-order valence-corrected chi connectivity index (χ2v) is 19.0. The van der Waals surface area contributed by atoms with E-state index in [0.717, 1.165) is 38.5 Å². The molecule has 0 bridgehead atoms. The number of rotatable bonds is 46. The topological polar surface area (TPSA) is 196 Å². The lowest BCUT2D eigenvalue weighted by Crippen LogP contribution is -2.29. The lowest BCUT2D eigenvalue weighted by Gasteiger charge is -2.23. The lowest BCUT2D eigenvalue weighted by molar-refractivity contribution is -0.161. The number of unbranched alkanes of at least 4 members (excludes halogenated alkanes) is 28. The second kappa shape index (κ2) is 41.5. The number of carbonyl (C=O) groups excluding carboxylic acids is 2. The van der Waals surface area contributed by atoms with E-state index in [-0.39, 0.29) is 45.8 Å². The summed E-state index contributed by atoms with van der Waals surface area (Å²) in [7, 11) is -9.63. The van der Waals surface area contributed by atoms with Crippen LogP contribution < -0.4 is 11.5 Å². The zero-order valence-electron chi connectivity index (χ0n) is 37.0. The van der Waals surface area contributed by atoms with Crippen molar-refractivity contribution in [3.8, 4) is 0 Å². The molecule has 0 aromatic carbocycles. The van der Waals surface area contributed by atoms with Crippen molar-refractivity contribution in [2.24, 2.45) is 11.5 Å². The van der Waals surface area contributed by atoms with Crippen LogP contribution in [0.25, 0.3) is 0 Å². The quantitative estimate of drug-likeness (QED) is 0.0297. The Morgan fingerprint density at radius 1 is 0.483 bits per heavy atom. The molecule has 0 radical (unpaired) electrons. The predicted molar refractivity (Wildman–Crippen MR) is 234 cm³/mol. The van der Waals surface area contributed by atoms with Crippen molar-refractivity contribution in [3.63, 3.8) is 0 Å². The summed E-state index contributed by atoms with van der Waals surface area (Å²) in [4.78, 5) is 35.4. The Morgan fingerprint density at radius 2 is 0.828 bits per heavy atom. The number of phosphoric ester groups is 2. The van der Waals surface area contributed by atoms with E-state index in [9.17, 15) is 23.6 Å². The number of esters is 2. The number of phosphoric acid groups is 2. The molecule has 0 aromatic rings. The summed E-state index contributed by atoms with van der Waals surface area (Å²) in [5.41, 5.74) is 10.8. The summed E-state index contributed by atoms with van der Waals surface area (Å²) in [5.74, 6) is -0.980. The molecule has 0 saturated heterocycles. The first-order chi connectivity index (χ1) is 28.1. The predicted octanol–water partition coefficient (Wildman–Crippen LogP) is 12.2. The van der Waals surface area contributed by atoms with Crippen LogP contribution >= 0.6 is 15.6 Å². The van der Waals surface area contributed by atoms with Crippen LogP contribution in [0.5, 0.6) is 0 Å². The van der Waals surface area contributed by atoms with E-state index in [4.69, 9.17) is 34.3 Å². The van der Waals surface area contributed by atoms with Gasteiger partial charge in [0.1, 0.15) is 6.61 Å². The second-order valence-electron chi connectivity index (χ2n) is 15.7. The maximum atomic E-state index is 13.3. The molecule has 13 nitrogen and oxygen atoms in total. The molecule has 3 atom stereocenters. The largest absolute Gasteiger partial charge is 0.483 e. The summed E-state index contributed by atoms with van der Waals surface area (Å²) in [6.45, 7) is 2.67. The summed E-state index contributed by atoms with van der Waals surface area (Å²) in [5, 5.41) is 0. The minimum atomic E-state index is -4.89. The van der Waals surface area contributed by atoms with Crippen LogP contribution in [-0.4, -0.2) is 62.5 Å². The van der Waals surface area contributed by atoms with Crippen molar-refractivity contribution in [1.82, 2.24) is 0 Å². The number of ether oxygens (including phenoxy) is 2. The molecular weight excluding hydrogens is 782 g/mol. The maximum Gasteiger partial charge on any atom is 0.483 e. The van der Waals surface area contributed by atoms with E-state index in [1.54, 1.807) is 0 Å². The van der Waals surface area contributed by atoms with Gasteiger partial charge < -0.3 is 25.8 Å². The van der Waals surface area contributed by atoms with Gasteiger partial charge in [0.15, 0.2) is 6.10 Å². The highest BCUT2D eigenvalue weighted by Crippen LogP contribution is 2.63. The molecule has 58 heavy (non-hydrogen) atoms. The molecule has 0 heterocycles. The maximum absolute atomic E-state index is 13.3. The monoisotopic (exact) mass is 871 g/mol. The molecule has 0 aliphatic carbocycles. The van der Waals surface area contributed by atoms with Gasteiger partial charge in [-0.15, -0.1) is 0 Å². The van der Waals surface area contributed by atoms with Crippen molar-refractivity contribution in [1.29, 1.82) is 0 Å². The van der Waals surface area contributed by atoms with Gasteiger partial charge in [-0.1, -0.05) is 194 Å². The molecule has 0 fully saturated rings. The first-order valence-electron chi connectivity index (χ1n) is 23.4. The Hall–Kier alpha value is -0.880. The van der Waals surface area contributed by atoms with Crippen LogP contribution in [0.1, 0.15) is 219 Å². The standard InChI is InChI=1S/C43H88N2O11P2/c1-3-5-7-9-11-13-15-17-19-21-23-25-27-29-31-33-42(46)51-39-41(40-54-58(50,53-38-36-45)56-57(48,49)52-37-35-44)55-43(47)34-32-30-28-26-24-22-20-18-16-14-12-10-8-6-4-2/h41H,3-40,44-45H2,1-2H3,(H,48,49)/t41-,58?/m1/s1. The van der Waals surface area contributed by atoms with E-state index >= 15 is 0 Å². The van der Waals surface area contributed by atoms with Gasteiger partial charge in [-0.2, -0.15) is 4.31 Å². The molecule has 0 saturated carbocycles. The first kappa shape index (κ1) is 57.1. The molecule has 0 amide bonds. The average Bonchev–Trinajstić information content (AvgIpc) is 3.20. The van der Waals surface area contributed by atoms with Gasteiger partial charge >= 0.3 is 27.6 Å². The summed E-state index contributed by atoms with van der Waals surface area (Å²) in [6.07, 6.45) is 35.6. The minimum Gasteiger partial charge on any atom is -0.462 e. The molecule has 0 rings (SSSR count). The fourth-order valence-corrected chi connectivity index (χ4v) is 9.31. The molecule has 0 aromatic heterocycles. The van der Waals surface area contributed by atoms with Crippen molar-refractivity contribution in [2.75, 3.05) is 39.5 Å². The van der Waals surface area contributed by atoms with Gasteiger partial charge in [0.05, 0.1) is 19.8 Å². The van der Waals surface area contributed by atoms with Gasteiger partial charge in [0, 0.05) is 25.9 Å². The summed E-state index contributed by atoms with van der Waals surface area (Å²) < 4.78 is 56.4. The van der Waals surface area contributed by atoms with Crippen LogP contribution in [-0.2, 0) is 46.1 Å².